The van der Waals surface area contributed by atoms with Crippen molar-refractivity contribution in [1.82, 2.24) is 4.90 Å². The van der Waals surface area contributed by atoms with Crippen LogP contribution < -0.4 is 0 Å². The predicted octanol–water partition coefficient (Wildman–Crippen LogP) is 3.78. The van der Waals surface area contributed by atoms with Crippen molar-refractivity contribution in [3.63, 3.8) is 0 Å². The van der Waals surface area contributed by atoms with Gasteiger partial charge in [0.15, 0.2) is 0 Å². The molecule has 0 saturated heterocycles. The summed E-state index contributed by atoms with van der Waals surface area (Å²) in [4.78, 5) is 25.5. The fraction of sp³-hybridized carbons (Fsp3) is 0.300. The summed E-state index contributed by atoms with van der Waals surface area (Å²) in [5.41, 5.74) is 2.01. The van der Waals surface area contributed by atoms with Gasteiger partial charge in [0.05, 0.1) is 18.0 Å². The highest BCUT2D eigenvalue weighted by molar-refractivity contribution is 5.88. The summed E-state index contributed by atoms with van der Waals surface area (Å²) in [6.45, 7) is 4.18. The molecule has 1 N–H and O–H groups in total. The molecule has 0 bridgehead atoms. The van der Waals surface area contributed by atoms with E-state index in [1.165, 1.54) is 6.07 Å². The van der Waals surface area contributed by atoms with Gasteiger partial charge in [0, 0.05) is 7.05 Å². The van der Waals surface area contributed by atoms with Gasteiger partial charge in [0.2, 0.25) is 5.91 Å². The summed E-state index contributed by atoms with van der Waals surface area (Å²) in [6.07, 6.45) is 0.188. The zero-order valence-electron chi connectivity index (χ0n) is 14.3. The highest BCUT2D eigenvalue weighted by Crippen LogP contribution is 2.27. The predicted molar refractivity (Wildman–Crippen MR) is 93.9 cm³/mol. The van der Waals surface area contributed by atoms with Crippen LogP contribution in [0.15, 0.2) is 54.6 Å². The summed E-state index contributed by atoms with van der Waals surface area (Å²) in [7, 11) is 1.81. The van der Waals surface area contributed by atoms with E-state index in [2.05, 4.69) is 13.8 Å². The number of carbonyl (C=O) groups is 2. The van der Waals surface area contributed by atoms with Crippen molar-refractivity contribution in [2.24, 2.45) is 5.92 Å². The van der Waals surface area contributed by atoms with Crippen LogP contribution in [0.4, 0.5) is 0 Å². The quantitative estimate of drug-likeness (QED) is 0.879. The molecule has 4 nitrogen and oxygen atoms in total. The Morgan fingerprint density at radius 2 is 1.71 bits per heavy atom. The van der Waals surface area contributed by atoms with Gasteiger partial charge in [-0.2, -0.15) is 0 Å². The first-order chi connectivity index (χ1) is 11.4. The molecule has 2 aromatic rings. The van der Waals surface area contributed by atoms with Crippen LogP contribution in [0.1, 0.15) is 41.4 Å². The summed E-state index contributed by atoms with van der Waals surface area (Å²) < 4.78 is 0. The van der Waals surface area contributed by atoms with Crippen molar-refractivity contribution in [3.8, 4) is 0 Å². The Labute approximate surface area is 142 Å². The third-order valence-electron chi connectivity index (χ3n) is 4.11. The average molecular weight is 325 g/mol. The van der Waals surface area contributed by atoms with Crippen LogP contribution in [-0.4, -0.2) is 28.9 Å². The molecule has 0 aliphatic heterocycles. The molecule has 1 amide bonds. The third-order valence-corrected chi connectivity index (χ3v) is 4.11. The number of hydrogen-bond donors (Lipinski definition) is 1. The Morgan fingerprint density at radius 3 is 2.29 bits per heavy atom. The van der Waals surface area contributed by atoms with Gasteiger partial charge in [-0.1, -0.05) is 56.3 Å². The van der Waals surface area contributed by atoms with Crippen LogP contribution >= 0.6 is 0 Å². The number of benzene rings is 2. The molecule has 2 rings (SSSR count). The van der Waals surface area contributed by atoms with Crippen LogP contribution in [0.5, 0.6) is 0 Å². The Hall–Kier alpha value is -2.62. The number of nitrogens with zero attached hydrogens (tertiary/aromatic N) is 1. The van der Waals surface area contributed by atoms with E-state index in [4.69, 9.17) is 5.11 Å². The maximum Gasteiger partial charge on any atom is 0.335 e. The largest absolute Gasteiger partial charge is 0.478 e. The Bertz CT molecular complexity index is 710. The zero-order valence-corrected chi connectivity index (χ0v) is 14.3. The number of likely N-dealkylation sites (N-methyl/N-ethyl adjacent to an activating group) is 1. The molecule has 0 saturated carbocycles. The topological polar surface area (TPSA) is 57.6 Å². The first kappa shape index (κ1) is 17.7. The van der Waals surface area contributed by atoms with Gasteiger partial charge in [0.25, 0.3) is 0 Å². The SMILES string of the molecule is CC(C)C(c1ccccc1)N(C)C(=O)Cc1cccc(C(=O)O)c1. The molecule has 0 heterocycles. The second-order valence-corrected chi connectivity index (χ2v) is 6.29. The first-order valence-electron chi connectivity index (χ1n) is 8.03. The van der Waals surface area contributed by atoms with Crippen molar-refractivity contribution in [2.75, 3.05) is 7.05 Å². The third kappa shape index (κ3) is 4.22. The monoisotopic (exact) mass is 325 g/mol. The molecule has 126 valence electrons. The minimum atomic E-state index is -0.984. The average Bonchev–Trinajstić information content (AvgIpc) is 2.55. The van der Waals surface area contributed by atoms with E-state index in [1.54, 1.807) is 30.1 Å². The van der Waals surface area contributed by atoms with E-state index >= 15 is 0 Å². The van der Waals surface area contributed by atoms with Gasteiger partial charge in [-0.25, -0.2) is 4.79 Å². The molecular formula is C20H23NO3. The lowest BCUT2D eigenvalue weighted by Gasteiger charge is -2.32. The van der Waals surface area contributed by atoms with Gasteiger partial charge >= 0.3 is 5.97 Å². The highest BCUT2D eigenvalue weighted by Gasteiger charge is 2.24. The van der Waals surface area contributed by atoms with Crippen molar-refractivity contribution < 1.29 is 14.7 Å². The van der Waals surface area contributed by atoms with Gasteiger partial charge in [0.1, 0.15) is 0 Å². The fourth-order valence-electron chi connectivity index (χ4n) is 2.97. The second kappa shape index (κ2) is 7.77. The molecular weight excluding hydrogens is 302 g/mol. The maximum atomic E-state index is 12.7. The van der Waals surface area contributed by atoms with Gasteiger partial charge in [-0.05, 0) is 29.2 Å². The number of carboxylic acids is 1. The molecule has 2 aromatic carbocycles. The molecule has 0 radical (unpaired) electrons. The fourth-order valence-corrected chi connectivity index (χ4v) is 2.97. The normalized spacial score (nSPS) is 12.0. The lowest BCUT2D eigenvalue weighted by Crippen LogP contribution is -2.35. The Balaban J connectivity index is 2.18. The number of carbonyl (C=O) groups excluding carboxylic acids is 1. The van der Waals surface area contributed by atoms with E-state index in [1.807, 2.05) is 30.3 Å². The van der Waals surface area contributed by atoms with Crippen LogP contribution in [0, 0.1) is 5.92 Å². The van der Waals surface area contributed by atoms with Crippen molar-refractivity contribution >= 4 is 11.9 Å². The first-order valence-corrected chi connectivity index (χ1v) is 8.03. The Kier molecular flexibility index (Phi) is 5.74. The van der Waals surface area contributed by atoms with Crippen molar-refractivity contribution in [3.05, 3.63) is 71.3 Å². The molecule has 0 spiro atoms. The number of aromatic carboxylic acids is 1. The summed E-state index contributed by atoms with van der Waals surface area (Å²) in [5.74, 6) is -0.742. The molecule has 4 heteroatoms. The molecule has 0 aliphatic rings. The second-order valence-electron chi connectivity index (χ2n) is 6.29. The van der Waals surface area contributed by atoms with Gasteiger partial charge in [-0.15, -0.1) is 0 Å². The summed E-state index contributed by atoms with van der Waals surface area (Å²) >= 11 is 0. The Morgan fingerprint density at radius 1 is 1.04 bits per heavy atom. The van der Waals surface area contributed by atoms with Gasteiger partial charge < -0.3 is 10.0 Å². The number of amides is 1. The molecule has 1 atom stereocenters. The highest BCUT2D eigenvalue weighted by atomic mass is 16.4. The number of carboxylic acid groups (broad SMARTS) is 1. The minimum Gasteiger partial charge on any atom is -0.478 e. The molecule has 1 unspecified atom stereocenters. The molecule has 0 fully saturated rings. The van der Waals surface area contributed by atoms with E-state index in [-0.39, 0.29) is 29.9 Å². The van der Waals surface area contributed by atoms with E-state index in [9.17, 15) is 9.59 Å². The standard InChI is InChI=1S/C20H23NO3/c1-14(2)19(16-9-5-4-6-10-16)21(3)18(22)13-15-8-7-11-17(12-15)20(23)24/h4-12,14,19H,13H2,1-3H3,(H,23,24). The summed E-state index contributed by atoms with van der Waals surface area (Å²) in [5, 5.41) is 9.07. The van der Waals surface area contributed by atoms with Crippen LogP contribution in [0.2, 0.25) is 0 Å². The number of hydrogen-bond acceptors (Lipinski definition) is 2. The van der Waals surface area contributed by atoms with Crippen LogP contribution in [0.25, 0.3) is 0 Å². The van der Waals surface area contributed by atoms with Gasteiger partial charge in [-0.3, -0.25) is 4.79 Å². The molecule has 0 aromatic heterocycles. The van der Waals surface area contributed by atoms with E-state index in [0.29, 0.717) is 5.56 Å². The van der Waals surface area contributed by atoms with Crippen LogP contribution in [0.3, 0.4) is 0 Å². The minimum absolute atomic E-state index is 0.0126. The maximum absolute atomic E-state index is 12.7. The van der Waals surface area contributed by atoms with Crippen LogP contribution in [-0.2, 0) is 11.2 Å². The molecule has 0 aliphatic carbocycles. The van der Waals surface area contributed by atoms with Crippen molar-refractivity contribution in [2.45, 2.75) is 26.3 Å². The van der Waals surface area contributed by atoms with E-state index < -0.39 is 5.97 Å². The smallest absolute Gasteiger partial charge is 0.335 e. The van der Waals surface area contributed by atoms with Crippen molar-refractivity contribution in [1.29, 1.82) is 0 Å². The van der Waals surface area contributed by atoms with E-state index in [0.717, 1.165) is 5.56 Å². The lowest BCUT2D eigenvalue weighted by molar-refractivity contribution is -0.132. The number of rotatable bonds is 6. The summed E-state index contributed by atoms with van der Waals surface area (Å²) in [6, 6.07) is 16.5. The lowest BCUT2D eigenvalue weighted by atomic mass is 9.94. The molecule has 24 heavy (non-hydrogen) atoms. The zero-order chi connectivity index (χ0) is 17.7.